The van der Waals surface area contributed by atoms with Crippen LogP contribution in [0.2, 0.25) is 0 Å². The van der Waals surface area contributed by atoms with Gasteiger partial charge in [0.2, 0.25) is 11.0 Å². The van der Waals surface area contributed by atoms with Crippen LogP contribution >= 0.6 is 23.1 Å². The van der Waals surface area contributed by atoms with E-state index in [0.29, 0.717) is 13.2 Å². The first kappa shape index (κ1) is 21.0. The molecule has 144 valence electrons. The van der Waals surface area contributed by atoms with Crippen molar-refractivity contribution in [3.05, 3.63) is 24.3 Å². The fourth-order valence-electron chi connectivity index (χ4n) is 2.22. The maximum Gasteiger partial charge on any atom is 0.237 e. The summed E-state index contributed by atoms with van der Waals surface area (Å²) in [7, 11) is 0. The van der Waals surface area contributed by atoms with Crippen molar-refractivity contribution >= 4 is 39.8 Å². The molecule has 0 unspecified atom stereocenters. The number of benzene rings is 1. The van der Waals surface area contributed by atoms with Crippen molar-refractivity contribution < 1.29 is 9.53 Å². The zero-order valence-electron chi connectivity index (χ0n) is 15.6. The lowest BCUT2D eigenvalue weighted by molar-refractivity contribution is -0.116. The standard InChI is InChI=1S/C18H23N5O2S2/c1-4-25-15-8-6-14(7-9-15)23(11-5-10-19)16(24)12-26-18-22-21-17(27-18)20-13(2)3/h6-9,13H,4-5,11-12H2,1-3H3,(H,20,21). The maximum atomic E-state index is 12.7. The number of rotatable bonds is 10. The summed E-state index contributed by atoms with van der Waals surface area (Å²) in [6.07, 6.45) is 0.269. The number of anilines is 2. The van der Waals surface area contributed by atoms with Gasteiger partial charge in [-0.3, -0.25) is 4.79 Å². The van der Waals surface area contributed by atoms with Crippen molar-refractivity contribution in [2.45, 2.75) is 37.6 Å². The van der Waals surface area contributed by atoms with Crippen LogP contribution in [0.15, 0.2) is 28.6 Å². The van der Waals surface area contributed by atoms with Crippen LogP contribution in [0.25, 0.3) is 0 Å². The van der Waals surface area contributed by atoms with E-state index in [4.69, 9.17) is 10.00 Å². The van der Waals surface area contributed by atoms with E-state index in [-0.39, 0.29) is 24.1 Å². The Morgan fingerprint density at radius 3 is 2.74 bits per heavy atom. The molecule has 0 saturated carbocycles. The summed E-state index contributed by atoms with van der Waals surface area (Å²) in [6.45, 7) is 6.91. The van der Waals surface area contributed by atoms with Gasteiger partial charge in [-0.15, -0.1) is 10.2 Å². The van der Waals surface area contributed by atoms with Gasteiger partial charge in [-0.1, -0.05) is 23.1 Å². The van der Waals surface area contributed by atoms with E-state index in [1.807, 2.05) is 45.0 Å². The molecule has 1 aromatic heterocycles. The van der Waals surface area contributed by atoms with E-state index in [1.54, 1.807) is 4.90 Å². The van der Waals surface area contributed by atoms with Gasteiger partial charge in [-0.2, -0.15) is 5.26 Å². The van der Waals surface area contributed by atoms with Crippen molar-refractivity contribution in [1.29, 1.82) is 5.26 Å². The highest BCUT2D eigenvalue weighted by Gasteiger charge is 2.17. The summed E-state index contributed by atoms with van der Waals surface area (Å²) in [5.74, 6) is 0.907. The third-order valence-electron chi connectivity index (χ3n) is 3.35. The smallest absolute Gasteiger partial charge is 0.237 e. The second kappa shape index (κ2) is 10.7. The molecule has 0 radical (unpaired) electrons. The SMILES string of the molecule is CCOc1ccc(N(CCC#N)C(=O)CSc2nnc(NC(C)C)s2)cc1. The van der Waals surface area contributed by atoms with E-state index in [0.717, 1.165) is 20.9 Å². The van der Waals surface area contributed by atoms with Crippen LogP contribution in [-0.2, 0) is 4.79 Å². The zero-order chi connectivity index (χ0) is 19.6. The summed E-state index contributed by atoms with van der Waals surface area (Å²) in [4.78, 5) is 14.3. The Hall–Kier alpha value is -2.31. The maximum absolute atomic E-state index is 12.7. The molecule has 0 bridgehead atoms. The van der Waals surface area contributed by atoms with Crippen LogP contribution in [0, 0.1) is 11.3 Å². The van der Waals surface area contributed by atoms with Gasteiger partial charge in [0.25, 0.3) is 0 Å². The Morgan fingerprint density at radius 1 is 1.37 bits per heavy atom. The molecule has 1 heterocycles. The predicted octanol–water partition coefficient (Wildman–Crippen LogP) is 3.80. The van der Waals surface area contributed by atoms with Crippen LogP contribution in [0.3, 0.4) is 0 Å². The minimum absolute atomic E-state index is 0.0759. The molecular weight excluding hydrogens is 382 g/mol. The Bertz CT molecular complexity index is 771. The fraction of sp³-hybridized carbons (Fsp3) is 0.444. The van der Waals surface area contributed by atoms with Crippen molar-refractivity contribution in [2.75, 3.05) is 29.1 Å². The molecule has 0 aliphatic heterocycles. The summed E-state index contributed by atoms with van der Waals surface area (Å²) in [6, 6.07) is 9.69. The van der Waals surface area contributed by atoms with E-state index < -0.39 is 0 Å². The quantitative estimate of drug-likeness (QED) is 0.601. The zero-order valence-corrected chi connectivity index (χ0v) is 17.3. The third-order valence-corrected chi connectivity index (χ3v) is 5.32. The lowest BCUT2D eigenvalue weighted by Gasteiger charge is -2.21. The summed E-state index contributed by atoms with van der Waals surface area (Å²) < 4.78 is 6.17. The number of nitrogens with zero attached hydrogens (tertiary/aromatic N) is 4. The topological polar surface area (TPSA) is 91.1 Å². The minimum Gasteiger partial charge on any atom is -0.494 e. The van der Waals surface area contributed by atoms with E-state index in [1.165, 1.54) is 23.1 Å². The number of nitrogens with one attached hydrogen (secondary N) is 1. The minimum atomic E-state index is -0.0759. The molecule has 2 aromatic rings. The summed E-state index contributed by atoms with van der Waals surface area (Å²) >= 11 is 2.78. The van der Waals surface area contributed by atoms with Gasteiger partial charge in [0.1, 0.15) is 5.75 Å². The second-order valence-corrected chi connectivity index (χ2v) is 8.04. The van der Waals surface area contributed by atoms with Gasteiger partial charge in [-0.05, 0) is 45.0 Å². The molecule has 0 spiro atoms. The van der Waals surface area contributed by atoms with Crippen molar-refractivity contribution in [2.24, 2.45) is 0 Å². The number of carbonyl (C=O) groups excluding carboxylic acids is 1. The molecule has 9 heteroatoms. The molecule has 1 aromatic carbocycles. The fourth-order valence-corrected chi connectivity index (χ4v) is 4.00. The number of thioether (sulfide) groups is 1. The summed E-state index contributed by atoms with van der Waals surface area (Å²) in [5, 5.41) is 21.0. The number of aromatic nitrogens is 2. The number of hydrogen-bond donors (Lipinski definition) is 1. The molecule has 0 aliphatic rings. The van der Waals surface area contributed by atoms with Crippen molar-refractivity contribution in [1.82, 2.24) is 10.2 Å². The highest BCUT2D eigenvalue weighted by atomic mass is 32.2. The second-order valence-electron chi connectivity index (χ2n) is 5.84. The van der Waals surface area contributed by atoms with E-state index in [2.05, 4.69) is 21.6 Å². The molecule has 7 nitrogen and oxygen atoms in total. The Balaban J connectivity index is 2.01. The lowest BCUT2D eigenvalue weighted by Crippen LogP contribution is -2.33. The molecule has 0 aliphatic carbocycles. The van der Waals surface area contributed by atoms with Crippen molar-refractivity contribution in [3.63, 3.8) is 0 Å². The van der Waals surface area contributed by atoms with Crippen LogP contribution in [0.1, 0.15) is 27.2 Å². The first-order valence-electron chi connectivity index (χ1n) is 8.66. The molecule has 27 heavy (non-hydrogen) atoms. The Kier molecular flexibility index (Phi) is 8.36. The van der Waals surface area contributed by atoms with Gasteiger partial charge in [0, 0.05) is 18.3 Å². The predicted molar refractivity (Wildman–Crippen MR) is 110 cm³/mol. The molecular formula is C18H23N5O2S2. The molecule has 0 fully saturated rings. The van der Waals surface area contributed by atoms with Crippen molar-refractivity contribution in [3.8, 4) is 11.8 Å². The number of amides is 1. The van der Waals surface area contributed by atoms with Gasteiger partial charge in [0.05, 0.1) is 24.8 Å². The molecule has 2 rings (SSSR count). The highest BCUT2D eigenvalue weighted by Crippen LogP contribution is 2.27. The van der Waals surface area contributed by atoms with Crippen LogP contribution in [0.5, 0.6) is 5.75 Å². The normalized spacial score (nSPS) is 10.5. The molecule has 0 atom stereocenters. The van der Waals surface area contributed by atoms with Gasteiger partial charge >= 0.3 is 0 Å². The summed E-state index contributed by atoms with van der Waals surface area (Å²) in [5.41, 5.74) is 0.749. The first-order chi connectivity index (χ1) is 13.0. The van der Waals surface area contributed by atoms with Gasteiger partial charge in [-0.25, -0.2) is 0 Å². The number of ether oxygens (including phenoxy) is 1. The van der Waals surface area contributed by atoms with Crippen LogP contribution in [0.4, 0.5) is 10.8 Å². The monoisotopic (exact) mass is 405 g/mol. The average molecular weight is 406 g/mol. The van der Waals surface area contributed by atoms with E-state index in [9.17, 15) is 4.79 Å². The molecule has 0 saturated heterocycles. The first-order valence-corrected chi connectivity index (χ1v) is 10.5. The molecule has 1 N–H and O–H groups in total. The number of hydrogen-bond acceptors (Lipinski definition) is 8. The Labute approximate surface area is 167 Å². The average Bonchev–Trinajstić information content (AvgIpc) is 3.08. The Morgan fingerprint density at radius 2 is 2.11 bits per heavy atom. The number of nitriles is 1. The highest BCUT2D eigenvalue weighted by molar-refractivity contribution is 8.01. The third kappa shape index (κ3) is 6.73. The largest absolute Gasteiger partial charge is 0.494 e. The van der Waals surface area contributed by atoms with Crippen LogP contribution < -0.4 is 15.0 Å². The van der Waals surface area contributed by atoms with Gasteiger partial charge in [0.15, 0.2) is 4.34 Å². The van der Waals surface area contributed by atoms with E-state index >= 15 is 0 Å². The number of carbonyl (C=O) groups is 1. The van der Waals surface area contributed by atoms with Gasteiger partial charge < -0.3 is 15.0 Å². The molecule has 1 amide bonds. The lowest BCUT2D eigenvalue weighted by atomic mass is 10.2. The van der Waals surface area contributed by atoms with Crippen LogP contribution in [-0.4, -0.2) is 41.1 Å².